The van der Waals surface area contributed by atoms with Crippen LogP contribution >= 0.6 is 23.3 Å². The zero-order chi connectivity index (χ0) is 24.0. The highest BCUT2D eigenvalue weighted by atomic mass is 32.2. The molecule has 182 valence electrons. The molecule has 1 aliphatic heterocycles. The van der Waals surface area contributed by atoms with Crippen LogP contribution in [0.3, 0.4) is 0 Å². The topological polar surface area (TPSA) is 126 Å². The van der Waals surface area contributed by atoms with E-state index in [9.17, 15) is 4.79 Å². The van der Waals surface area contributed by atoms with Gasteiger partial charge in [0.25, 0.3) is 0 Å². The predicted octanol–water partition coefficient (Wildman–Crippen LogP) is 3.47. The Bertz CT molecular complexity index is 1280. The minimum atomic E-state index is -0.310. The molecule has 1 unspecified atom stereocenters. The number of likely N-dealkylation sites (tertiary alicyclic amines) is 1. The van der Waals surface area contributed by atoms with E-state index < -0.39 is 0 Å². The third-order valence-electron chi connectivity index (χ3n) is 5.84. The van der Waals surface area contributed by atoms with E-state index in [0.717, 1.165) is 54.5 Å². The van der Waals surface area contributed by atoms with Crippen LogP contribution in [0, 0.1) is 0 Å². The highest BCUT2D eigenvalue weighted by Crippen LogP contribution is 2.23. The van der Waals surface area contributed by atoms with Crippen LogP contribution in [0.15, 0.2) is 53.6 Å². The highest BCUT2D eigenvalue weighted by Gasteiger charge is 2.24. The normalized spacial score (nSPS) is 15.9. The molecule has 4 heterocycles. The van der Waals surface area contributed by atoms with Gasteiger partial charge in [0.15, 0.2) is 0 Å². The van der Waals surface area contributed by atoms with Crippen LogP contribution in [0.1, 0.15) is 12.1 Å². The van der Waals surface area contributed by atoms with Crippen molar-refractivity contribution in [1.82, 2.24) is 29.1 Å². The Balaban J connectivity index is 1.10. The summed E-state index contributed by atoms with van der Waals surface area (Å²) in [6.07, 6.45) is 4.16. The predicted molar refractivity (Wildman–Crippen MR) is 143 cm³/mol. The van der Waals surface area contributed by atoms with E-state index in [4.69, 9.17) is 10.7 Å². The summed E-state index contributed by atoms with van der Waals surface area (Å²) in [4.78, 5) is 27.7. The molecule has 1 aromatic carbocycles. The Morgan fingerprint density at radius 1 is 1.29 bits per heavy atom. The van der Waals surface area contributed by atoms with Crippen molar-refractivity contribution in [2.75, 3.05) is 41.8 Å². The van der Waals surface area contributed by atoms with Gasteiger partial charge in [-0.15, -0.1) is 11.3 Å². The van der Waals surface area contributed by atoms with Crippen LogP contribution in [0.25, 0.3) is 11.0 Å². The van der Waals surface area contributed by atoms with Gasteiger partial charge in [-0.05, 0) is 36.6 Å². The lowest BCUT2D eigenvalue weighted by atomic mass is 10.3. The Morgan fingerprint density at radius 2 is 2.20 bits per heavy atom. The number of aromatic nitrogens is 4. The fourth-order valence-corrected chi connectivity index (χ4v) is 5.29. The first-order chi connectivity index (χ1) is 17.2. The number of imidazole rings is 1. The summed E-state index contributed by atoms with van der Waals surface area (Å²) in [6.45, 7) is 3.51. The number of benzene rings is 1. The van der Waals surface area contributed by atoms with Crippen LogP contribution in [0.2, 0.25) is 0 Å². The summed E-state index contributed by atoms with van der Waals surface area (Å²) in [6, 6.07) is 9.85. The number of para-hydroxylation sites is 2. The van der Waals surface area contributed by atoms with Gasteiger partial charge in [0, 0.05) is 43.0 Å². The Kier molecular flexibility index (Phi) is 7.31. The largest absolute Gasteiger partial charge is 0.397 e. The number of fused-ring (bicyclic) bond motifs is 1. The van der Waals surface area contributed by atoms with Gasteiger partial charge >= 0.3 is 6.03 Å². The lowest BCUT2D eigenvalue weighted by Crippen LogP contribution is -2.30. The molecule has 1 fully saturated rings. The second kappa shape index (κ2) is 10.9. The van der Waals surface area contributed by atoms with Gasteiger partial charge < -0.3 is 25.8 Å². The van der Waals surface area contributed by atoms with E-state index in [1.165, 1.54) is 18.1 Å². The summed E-state index contributed by atoms with van der Waals surface area (Å²) < 4.78 is 5.01. The van der Waals surface area contributed by atoms with Crippen LogP contribution in [0.5, 0.6) is 0 Å². The molecule has 0 aliphatic carbocycles. The summed E-state index contributed by atoms with van der Waals surface area (Å²) in [5.74, 6) is 1.67. The number of amides is 2. The minimum Gasteiger partial charge on any atom is -0.397 e. The maximum atomic E-state index is 12.1. The van der Waals surface area contributed by atoms with Crippen LogP contribution in [-0.2, 0) is 6.54 Å². The molecular formula is C23H27N9OS2. The molecule has 1 saturated heterocycles. The van der Waals surface area contributed by atoms with E-state index in [1.807, 2.05) is 23.7 Å². The molecule has 5 N–H and O–H groups in total. The van der Waals surface area contributed by atoms with Crippen molar-refractivity contribution < 1.29 is 4.79 Å². The fraction of sp³-hybridized carbons (Fsp3) is 0.304. The van der Waals surface area contributed by atoms with Crippen molar-refractivity contribution in [2.45, 2.75) is 19.0 Å². The molecule has 2 amide bonds. The van der Waals surface area contributed by atoms with E-state index >= 15 is 0 Å². The van der Waals surface area contributed by atoms with E-state index in [2.05, 4.69) is 46.2 Å². The SMILES string of the molecule is Nc1ccncc1NC(=O)NSCCN1CCC(Nc2nc3ccccc3n2Cc2cscn2)C1. The highest BCUT2D eigenvalue weighted by molar-refractivity contribution is 7.97. The molecule has 0 bridgehead atoms. The number of nitrogens with one attached hydrogen (secondary N) is 3. The van der Waals surface area contributed by atoms with Gasteiger partial charge in [-0.1, -0.05) is 12.1 Å². The van der Waals surface area contributed by atoms with Crippen molar-refractivity contribution in [3.05, 3.63) is 59.3 Å². The molecule has 4 aromatic rings. The van der Waals surface area contributed by atoms with Gasteiger partial charge in [-0.3, -0.25) is 9.71 Å². The smallest absolute Gasteiger partial charge is 0.329 e. The molecule has 1 atom stereocenters. The van der Waals surface area contributed by atoms with Crippen LogP contribution in [0.4, 0.5) is 22.1 Å². The van der Waals surface area contributed by atoms with Crippen molar-refractivity contribution >= 4 is 57.7 Å². The third kappa shape index (κ3) is 5.84. The number of rotatable bonds is 9. The zero-order valence-corrected chi connectivity index (χ0v) is 20.7. The van der Waals surface area contributed by atoms with E-state index in [-0.39, 0.29) is 6.03 Å². The molecule has 0 spiro atoms. The number of urea groups is 1. The van der Waals surface area contributed by atoms with Crippen LogP contribution < -0.4 is 21.1 Å². The van der Waals surface area contributed by atoms with Gasteiger partial charge in [-0.25, -0.2) is 14.8 Å². The molecule has 3 aromatic heterocycles. The summed E-state index contributed by atoms with van der Waals surface area (Å²) in [7, 11) is 0. The standard InChI is InChI=1S/C23H27N9OS2/c24-18-5-7-25-11-20(18)29-23(33)30-35-10-9-31-8-6-16(12-31)27-22-28-19-3-1-2-4-21(19)32(22)13-17-14-34-15-26-17/h1-5,7,11,14-16H,6,8-10,12-13H2,(H2,24,25)(H,27,28)(H2,29,30,33). The fourth-order valence-electron chi connectivity index (χ4n) is 4.11. The number of nitrogens with zero attached hydrogens (tertiary/aromatic N) is 5. The van der Waals surface area contributed by atoms with Crippen molar-refractivity contribution in [3.63, 3.8) is 0 Å². The number of carbonyl (C=O) groups excluding carboxylic acids is 1. The van der Waals surface area contributed by atoms with Crippen LogP contribution in [-0.4, -0.2) is 61.9 Å². The van der Waals surface area contributed by atoms with Gasteiger partial charge in [-0.2, -0.15) is 0 Å². The van der Waals surface area contributed by atoms with Gasteiger partial charge in [0.1, 0.15) is 0 Å². The first kappa shape index (κ1) is 23.4. The molecule has 0 radical (unpaired) electrons. The third-order valence-corrected chi connectivity index (χ3v) is 7.19. The summed E-state index contributed by atoms with van der Waals surface area (Å²) in [5.41, 5.74) is 11.8. The van der Waals surface area contributed by atoms with Crippen molar-refractivity contribution in [2.24, 2.45) is 0 Å². The van der Waals surface area contributed by atoms with Gasteiger partial charge in [0.2, 0.25) is 5.95 Å². The zero-order valence-electron chi connectivity index (χ0n) is 19.1. The number of hydrogen-bond acceptors (Lipinski definition) is 9. The Hall–Kier alpha value is -3.35. The Morgan fingerprint density at radius 3 is 3.06 bits per heavy atom. The maximum absolute atomic E-state index is 12.1. The quantitative estimate of drug-likeness (QED) is 0.200. The molecule has 1 aliphatic rings. The van der Waals surface area contributed by atoms with Crippen molar-refractivity contribution in [3.8, 4) is 0 Å². The number of carbonyl (C=O) groups is 1. The number of nitrogen functional groups attached to an aromatic ring is 1. The first-order valence-electron chi connectivity index (χ1n) is 11.3. The van der Waals surface area contributed by atoms with Gasteiger partial charge in [0.05, 0.1) is 46.4 Å². The number of hydrogen-bond donors (Lipinski definition) is 4. The van der Waals surface area contributed by atoms with E-state index in [1.54, 1.807) is 23.6 Å². The second-order valence-corrected chi connectivity index (χ2v) is 9.91. The molecular weight excluding hydrogens is 482 g/mol. The van der Waals surface area contributed by atoms with Crippen molar-refractivity contribution in [1.29, 1.82) is 0 Å². The molecule has 10 nitrogen and oxygen atoms in total. The number of nitrogens with two attached hydrogens (primary N) is 1. The molecule has 5 rings (SSSR count). The first-order valence-corrected chi connectivity index (χ1v) is 13.3. The summed E-state index contributed by atoms with van der Waals surface area (Å²) in [5, 5.41) is 8.45. The molecule has 35 heavy (non-hydrogen) atoms. The molecule has 0 saturated carbocycles. The lowest BCUT2D eigenvalue weighted by molar-refractivity contribution is 0.257. The average Bonchev–Trinajstić information content (AvgIpc) is 3.60. The lowest BCUT2D eigenvalue weighted by Gasteiger charge is -2.17. The minimum absolute atomic E-state index is 0.310. The average molecular weight is 510 g/mol. The number of pyridine rings is 1. The van der Waals surface area contributed by atoms with E-state index in [0.29, 0.717) is 24.0 Å². The molecule has 12 heteroatoms. The monoisotopic (exact) mass is 509 g/mol. The Labute approximate surface area is 211 Å². The number of anilines is 3. The maximum Gasteiger partial charge on any atom is 0.329 e. The second-order valence-electron chi connectivity index (χ2n) is 8.29. The summed E-state index contributed by atoms with van der Waals surface area (Å²) >= 11 is 2.98. The number of thiazole rings is 1.